The van der Waals surface area contributed by atoms with Crippen LogP contribution in [-0.4, -0.2) is 32.7 Å². The SMILES string of the molecule is Cc1nc2c(c(=O)n1C(c1ccc(F)cc1)c1ccc(F)cc1)CCN(C(=O)OC(C)(C)C)C2. The Morgan fingerprint density at radius 3 is 2.03 bits per heavy atom. The number of carbonyl (C=O) groups is 1. The summed E-state index contributed by atoms with van der Waals surface area (Å²) in [6.07, 6.45) is -0.113. The molecule has 0 fully saturated rings. The molecule has 1 aliphatic rings. The van der Waals surface area contributed by atoms with E-state index >= 15 is 0 Å². The van der Waals surface area contributed by atoms with Crippen molar-refractivity contribution in [3.05, 3.63) is 98.7 Å². The minimum Gasteiger partial charge on any atom is -0.444 e. The van der Waals surface area contributed by atoms with Gasteiger partial charge in [0, 0.05) is 12.1 Å². The van der Waals surface area contributed by atoms with Crippen LogP contribution in [0, 0.1) is 18.6 Å². The average molecular weight is 468 g/mol. The van der Waals surface area contributed by atoms with Gasteiger partial charge in [0.2, 0.25) is 0 Å². The van der Waals surface area contributed by atoms with Gasteiger partial charge in [-0.25, -0.2) is 18.6 Å². The van der Waals surface area contributed by atoms with Crippen LogP contribution in [0.3, 0.4) is 0 Å². The normalized spacial score (nSPS) is 13.7. The van der Waals surface area contributed by atoms with E-state index in [4.69, 9.17) is 4.74 Å². The molecule has 0 unspecified atom stereocenters. The van der Waals surface area contributed by atoms with Crippen molar-refractivity contribution < 1.29 is 18.3 Å². The van der Waals surface area contributed by atoms with Gasteiger partial charge in [0.05, 0.1) is 18.3 Å². The van der Waals surface area contributed by atoms with Crippen molar-refractivity contribution in [3.63, 3.8) is 0 Å². The van der Waals surface area contributed by atoms with Gasteiger partial charge < -0.3 is 9.64 Å². The molecule has 0 saturated carbocycles. The minimum atomic E-state index is -0.623. The summed E-state index contributed by atoms with van der Waals surface area (Å²) in [6, 6.07) is 11.1. The lowest BCUT2D eigenvalue weighted by atomic mass is 9.97. The van der Waals surface area contributed by atoms with Gasteiger partial charge in [-0.3, -0.25) is 9.36 Å². The quantitative estimate of drug-likeness (QED) is 0.557. The number of rotatable bonds is 3. The van der Waals surface area contributed by atoms with Crippen molar-refractivity contribution in [1.82, 2.24) is 14.5 Å². The van der Waals surface area contributed by atoms with Crippen LogP contribution < -0.4 is 5.56 Å². The zero-order valence-electron chi connectivity index (χ0n) is 19.6. The van der Waals surface area contributed by atoms with Crippen LogP contribution >= 0.6 is 0 Å². The number of ether oxygens (including phenoxy) is 1. The van der Waals surface area contributed by atoms with Gasteiger partial charge >= 0.3 is 6.09 Å². The smallest absolute Gasteiger partial charge is 0.410 e. The minimum absolute atomic E-state index is 0.179. The third kappa shape index (κ3) is 4.85. The molecule has 1 amide bonds. The lowest BCUT2D eigenvalue weighted by Crippen LogP contribution is -2.43. The summed E-state index contributed by atoms with van der Waals surface area (Å²) in [5.74, 6) is -0.346. The molecule has 2 aromatic carbocycles. The molecule has 2 heterocycles. The van der Waals surface area contributed by atoms with Crippen LogP contribution in [-0.2, 0) is 17.7 Å². The molecule has 0 bridgehead atoms. The lowest BCUT2D eigenvalue weighted by Gasteiger charge is -2.32. The number of amides is 1. The van der Waals surface area contributed by atoms with E-state index in [1.54, 1.807) is 61.4 Å². The van der Waals surface area contributed by atoms with Crippen molar-refractivity contribution in [3.8, 4) is 0 Å². The van der Waals surface area contributed by atoms with Gasteiger partial charge in [-0.15, -0.1) is 0 Å². The number of halogens is 2. The van der Waals surface area contributed by atoms with E-state index in [-0.39, 0.29) is 12.1 Å². The van der Waals surface area contributed by atoms with E-state index in [2.05, 4.69) is 4.98 Å². The number of aryl methyl sites for hydroxylation is 1. The monoisotopic (exact) mass is 467 g/mol. The molecular weight excluding hydrogens is 440 g/mol. The Morgan fingerprint density at radius 2 is 1.53 bits per heavy atom. The lowest BCUT2D eigenvalue weighted by molar-refractivity contribution is 0.0219. The first-order valence-electron chi connectivity index (χ1n) is 11.1. The van der Waals surface area contributed by atoms with Crippen LogP contribution in [0.15, 0.2) is 53.3 Å². The largest absolute Gasteiger partial charge is 0.444 e. The average Bonchev–Trinajstić information content (AvgIpc) is 2.77. The predicted molar refractivity (Wildman–Crippen MR) is 124 cm³/mol. The molecule has 1 aromatic heterocycles. The van der Waals surface area contributed by atoms with E-state index < -0.39 is 29.4 Å². The summed E-state index contributed by atoms with van der Waals surface area (Å²) in [6.45, 7) is 7.63. The topological polar surface area (TPSA) is 64.4 Å². The molecule has 0 spiro atoms. The second kappa shape index (κ2) is 9.00. The summed E-state index contributed by atoms with van der Waals surface area (Å²) in [5.41, 5.74) is 1.55. The fraction of sp³-hybridized carbons (Fsp3) is 0.346. The highest BCUT2D eigenvalue weighted by Gasteiger charge is 2.30. The standard InChI is InChI=1S/C26H27F2N3O3/c1-16-29-22-15-30(25(33)34-26(2,3)4)14-13-21(22)24(32)31(16)23(17-5-9-19(27)10-6-17)18-7-11-20(28)12-8-18/h5-12,23H,13-15H2,1-4H3. The first-order chi connectivity index (χ1) is 16.0. The molecule has 4 rings (SSSR count). The van der Waals surface area contributed by atoms with Gasteiger partial charge in [0.15, 0.2) is 0 Å². The van der Waals surface area contributed by atoms with E-state index in [0.29, 0.717) is 41.2 Å². The molecule has 6 nitrogen and oxygen atoms in total. The van der Waals surface area contributed by atoms with Crippen LogP contribution in [0.1, 0.15) is 55.0 Å². The second-order valence-corrected chi connectivity index (χ2v) is 9.42. The Kier molecular flexibility index (Phi) is 6.25. The van der Waals surface area contributed by atoms with Crippen molar-refractivity contribution in [2.45, 2.75) is 52.3 Å². The number of aromatic nitrogens is 2. The van der Waals surface area contributed by atoms with Crippen LogP contribution in [0.2, 0.25) is 0 Å². The molecule has 34 heavy (non-hydrogen) atoms. The zero-order valence-corrected chi connectivity index (χ0v) is 19.6. The third-order valence-corrected chi connectivity index (χ3v) is 5.72. The number of nitrogens with zero attached hydrogens (tertiary/aromatic N) is 3. The Bertz CT molecular complexity index is 1220. The Hall–Kier alpha value is -3.55. The number of hydrogen-bond donors (Lipinski definition) is 0. The van der Waals surface area contributed by atoms with E-state index in [9.17, 15) is 18.4 Å². The number of benzene rings is 2. The molecule has 178 valence electrons. The second-order valence-electron chi connectivity index (χ2n) is 9.42. The highest BCUT2D eigenvalue weighted by molar-refractivity contribution is 5.68. The molecule has 1 aliphatic heterocycles. The maximum Gasteiger partial charge on any atom is 0.410 e. The van der Waals surface area contributed by atoms with Gasteiger partial charge in [0.1, 0.15) is 23.1 Å². The summed E-state index contributed by atoms with van der Waals surface area (Å²) < 4.78 is 34.3. The zero-order chi connectivity index (χ0) is 24.6. The van der Waals surface area contributed by atoms with Gasteiger partial charge in [-0.2, -0.15) is 0 Å². The van der Waals surface area contributed by atoms with Crippen molar-refractivity contribution >= 4 is 6.09 Å². The molecule has 3 aromatic rings. The van der Waals surface area contributed by atoms with Crippen molar-refractivity contribution in [2.24, 2.45) is 0 Å². The molecule has 0 radical (unpaired) electrons. The molecule has 0 atom stereocenters. The summed E-state index contributed by atoms with van der Waals surface area (Å²) in [4.78, 5) is 32.4. The maximum absolute atomic E-state index is 13.7. The van der Waals surface area contributed by atoms with Gasteiger partial charge in [-0.05, 0) is 69.5 Å². The fourth-order valence-electron chi connectivity index (χ4n) is 4.19. The molecular formula is C26H27F2N3O3. The summed E-state index contributed by atoms with van der Waals surface area (Å²) in [7, 11) is 0. The number of fused-ring (bicyclic) bond motifs is 1. The molecule has 8 heteroatoms. The molecule has 0 aliphatic carbocycles. The Labute approximate surface area is 196 Å². The van der Waals surface area contributed by atoms with Crippen LogP contribution in [0.25, 0.3) is 0 Å². The summed E-state index contributed by atoms with van der Waals surface area (Å²) >= 11 is 0. The van der Waals surface area contributed by atoms with Crippen LogP contribution in [0.4, 0.5) is 13.6 Å². The first kappa shape index (κ1) is 23.6. The maximum atomic E-state index is 13.7. The third-order valence-electron chi connectivity index (χ3n) is 5.72. The van der Waals surface area contributed by atoms with E-state index in [0.717, 1.165) is 0 Å². The molecule has 0 N–H and O–H groups in total. The first-order valence-corrected chi connectivity index (χ1v) is 11.1. The summed E-state index contributed by atoms with van der Waals surface area (Å²) in [5, 5.41) is 0. The number of carbonyl (C=O) groups excluding carboxylic acids is 1. The fourth-order valence-corrected chi connectivity index (χ4v) is 4.19. The Balaban J connectivity index is 1.77. The van der Waals surface area contributed by atoms with Crippen LogP contribution in [0.5, 0.6) is 0 Å². The van der Waals surface area contributed by atoms with Crippen molar-refractivity contribution in [2.75, 3.05) is 6.54 Å². The van der Waals surface area contributed by atoms with Gasteiger partial charge in [0.25, 0.3) is 5.56 Å². The highest BCUT2D eigenvalue weighted by Crippen LogP contribution is 2.28. The number of hydrogen-bond acceptors (Lipinski definition) is 4. The van der Waals surface area contributed by atoms with E-state index in [1.165, 1.54) is 24.3 Å². The molecule has 0 saturated heterocycles. The predicted octanol–water partition coefficient (Wildman–Crippen LogP) is 4.76. The van der Waals surface area contributed by atoms with Gasteiger partial charge in [-0.1, -0.05) is 24.3 Å². The van der Waals surface area contributed by atoms with E-state index in [1.807, 2.05) is 0 Å². The Morgan fingerprint density at radius 1 is 1.00 bits per heavy atom. The highest BCUT2D eigenvalue weighted by atomic mass is 19.1. The van der Waals surface area contributed by atoms with Crippen molar-refractivity contribution in [1.29, 1.82) is 0 Å².